The van der Waals surface area contributed by atoms with Crippen molar-refractivity contribution in [1.82, 2.24) is 20.0 Å². The molecule has 3 aliphatic rings. The molecule has 7 N–H and O–H groups in total. The van der Waals surface area contributed by atoms with Gasteiger partial charge >= 0.3 is 0 Å². The standard InChI is InChI=1S/C47H91N5O9/c1-27(2)50(43(8,9)10)30-21-22-33(42(5,6)7)59-40(30)61-37-31(51(28(3)4)44(11,12)13)25-29(49-39(56)32(53)23-24-48)36(34(37)54)60-41-35(55)38(47(20,57)26-58-41)52(45(14,15)16)46(17,18)19/h22,27-32,34-38,40-41,53-55,57H,21,23-26,48H2,1-20H3,(H,49,56)/t29-,30?,31+,32+,34-,35-,36+,37-,38-,40-,41-,47+/m1/s1. The lowest BCUT2D eigenvalue weighted by Gasteiger charge is -2.58. The fraction of sp³-hybridized carbons (Fsp3) is 0.936. The molecule has 1 saturated carbocycles. The van der Waals surface area contributed by atoms with Gasteiger partial charge in [0, 0.05) is 45.7 Å². The summed E-state index contributed by atoms with van der Waals surface area (Å²) in [5, 5.41) is 51.1. The molecule has 358 valence electrons. The van der Waals surface area contributed by atoms with Crippen LogP contribution in [-0.4, -0.2) is 161 Å². The van der Waals surface area contributed by atoms with Crippen molar-refractivity contribution in [3.8, 4) is 0 Å². The van der Waals surface area contributed by atoms with Gasteiger partial charge in [0.15, 0.2) is 6.29 Å². The highest BCUT2D eigenvalue weighted by molar-refractivity contribution is 5.80. The van der Waals surface area contributed by atoms with Crippen LogP contribution in [0.5, 0.6) is 0 Å². The highest BCUT2D eigenvalue weighted by Gasteiger charge is 2.58. The molecule has 14 nitrogen and oxygen atoms in total. The Hall–Kier alpha value is -1.43. The SMILES string of the molecule is CC(C)N(C1CC=C(C(C)(C)C)O[C@@H]1O[C@H]1[C@H](O)[C@@H](O[C@H]2OC[C@](C)(O)[C@H](N(C(C)(C)C)C(C)(C)C)[C@H]2O)[C@H](NC(=O)[C@@H](O)CCN)C[C@@H]1N(C(C)C)C(C)(C)C)C(C)(C)C. The van der Waals surface area contributed by atoms with Crippen molar-refractivity contribution in [3.63, 3.8) is 0 Å². The van der Waals surface area contributed by atoms with Crippen LogP contribution in [0.4, 0.5) is 0 Å². The summed E-state index contributed by atoms with van der Waals surface area (Å²) in [4.78, 5) is 20.5. The summed E-state index contributed by atoms with van der Waals surface area (Å²) >= 11 is 0. The number of ether oxygens (including phenoxy) is 4. The molecule has 0 aromatic rings. The Morgan fingerprint density at radius 3 is 1.75 bits per heavy atom. The van der Waals surface area contributed by atoms with Gasteiger partial charge < -0.3 is 50.4 Å². The van der Waals surface area contributed by atoms with Crippen molar-refractivity contribution in [3.05, 3.63) is 11.8 Å². The number of nitrogens with zero attached hydrogens (tertiary/aromatic N) is 3. The first-order valence-electron chi connectivity index (χ1n) is 22.9. The third-order valence-electron chi connectivity index (χ3n) is 12.3. The minimum atomic E-state index is -1.48. The largest absolute Gasteiger partial charge is 0.467 e. The van der Waals surface area contributed by atoms with E-state index in [0.717, 1.165) is 5.76 Å². The molecule has 0 spiro atoms. The number of aliphatic hydroxyl groups is 4. The number of allylic oxidation sites excluding steroid dienone is 1. The fourth-order valence-corrected chi connectivity index (χ4v) is 10.9. The van der Waals surface area contributed by atoms with E-state index in [1.54, 1.807) is 6.92 Å². The summed E-state index contributed by atoms with van der Waals surface area (Å²) in [6.07, 6.45) is -5.34. The summed E-state index contributed by atoms with van der Waals surface area (Å²) in [6, 6.07) is -2.34. The van der Waals surface area contributed by atoms with Crippen LogP contribution in [0.15, 0.2) is 11.8 Å². The highest BCUT2D eigenvalue weighted by atomic mass is 16.7. The Morgan fingerprint density at radius 1 is 0.820 bits per heavy atom. The van der Waals surface area contributed by atoms with Crippen LogP contribution in [-0.2, 0) is 23.7 Å². The van der Waals surface area contributed by atoms with E-state index in [0.29, 0.717) is 6.42 Å². The van der Waals surface area contributed by atoms with Crippen LogP contribution in [0.3, 0.4) is 0 Å². The predicted octanol–water partition coefficient (Wildman–Crippen LogP) is 4.88. The van der Waals surface area contributed by atoms with E-state index in [-0.39, 0.29) is 55.1 Å². The van der Waals surface area contributed by atoms with Gasteiger partial charge in [-0.3, -0.25) is 19.5 Å². The maximum absolute atomic E-state index is 13.7. The normalized spacial score (nSPS) is 33.0. The van der Waals surface area contributed by atoms with Crippen molar-refractivity contribution in [2.75, 3.05) is 13.2 Å². The molecule has 1 saturated heterocycles. The molecule has 1 aliphatic carbocycles. The van der Waals surface area contributed by atoms with Crippen molar-refractivity contribution < 1.29 is 44.2 Å². The summed E-state index contributed by atoms with van der Waals surface area (Å²) in [5.41, 5.74) is 2.28. The highest BCUT2D eigenvalue weighted by Crippen LogP contribution is 2.43. The molecule has 0 aromatic heterocycles. The summed E-state index contributed by atoms with van der Waals surface area (Å²) < 4.78 is 27.2. The first-order valence-corrected chi connectivity index (χ1v) is 22.9. The number of aliphatic hydroxyl groups excluding tert-OH is 3. The van der Waals surface area contributed by atoms with Gasteiger partial charge in [-0.25, -0.2) is 0 Å². The third kappa shape index (κ3) is 12.9. The molecule has 0 radical (unpaired) electrons. The number of nitrogens with two attached hydrogens (primary N) is 1. The van der Waals surface area contributed by atoms with Gasteiger partial charge in [-0.05, 0) is 150 Å². The van der Waals surface area contributed by atoms with Crippen LogP contribution in [0.2, 0.25) is 0 Å². The first-order chi connectivity index (χ1) is 27.5. The predicted molar refractivity (Wildman–Crippen MR) is 242 cm³/mol. The van der Waals surface area contributed by atoms with E-state index in [9.17, 15) is 25.2 Å². The van der Waals surface area contributed by atoms with Crippen LogP contribution >= 0.6 is 0 Å². The number of nitrogens with one attached hydrogen (secondary N) is 1. The molecule has 1 amide bonds. The summed E-state index contributed by atoms with van der Waals surface area (Å²) in [5.74, 6) is 0.155. The summed E-state index contributed by atoms with van der Waals surface area (Å²) in [7, 11) is 0. The average molecular weight is 870 g/mol. The van der Waals surface area contributed by atoms with Gasteiger partial charge in [0.25, 0.3) is 0 Å². The number of amides is 1. The minimum Gasteiger partial charge on any atom is -0.467 e. The van der Waals surface area contributed by atoms with Gasteiger partial charge in [-0.2, -0.15) is 0 Å². The van der Waals surface area contributed by atoms with E-state index in [1.165, 1.54) is 0 Å². The molecular formula is C47H91N5O9. The molecule has 2 heterocycles. The zero-order chi connectivity index (χ0) is 47.2. The van der Waals surface area contributed by atoms with E-state index < -0.39 is 89.4 Å². The lowest BCUT2D eigenvalue weighted by molar-refractivity contribution is -0.325. The molecule has 12 atom stereocenters. The molecule has 61 heavy (non-hydrogen) atoms. The van der Waals surface area contributed by atoms with Crippen molar-refractivity contribution in [1.29, 1.82) is 0 Å². The van der Waals surface area contributed by atoms with Crippen LogP contribution in [0.1, 0.15) is 158 Å². The molecule has 0 aromatic carbocycles. The molecule has 3 rings (SSSR count). The molecular weight excluding hydrogens is 779 g/mol. The third-order valence-corrected chi connectivity index (χ3v) is 12.3. The first kappa shape index (κ1) is 53.9. The number of rotatable bonds is 13. The molecule has 14 heteroatoms. The Bertz CT molecular complexity index is 1440. The zero-order valence-corrected chi connectivity index (χ0v) is 41.9. The van der Waals surface area contributed by atoms with Gasteiger partial charge in [0.1, 0.15) is 41.9 Å². The summed E-state index contributed by atoms with van der Waals surface area (Å²) in [6.45, 7) is 41.6. The van der Waals surface area contributed by atoms with E-state index in [1.807, 2.05) is 41.5 Å². The molecule has 2 fully saturated rings. The molecule has 0 bridgehead atoms. The minimum absolute atomic E-state index is 0.0259. The second-order valence-electron chi connectivity index (χ2n) is 23.8. The van der Waals surface area contributed by atoms with Crippen molar-refractivity contribution in [2.24, 2.45) is 11.1 Å². The topological polar surface area (TPSA) is 183 Å². The van der Waals surface area contributed by atoms with Crippen LogP contribution in [0.25, 0.3) is 0 Å². The average Bonchev–Trinajstić information content (AvgIpc) is 3.04. The van der Waals surface area contributed by atoms with Gasteiger partial charge in [0.2, 0.25) is 12.2 Å². The monoisotopic (exact) mass is 870 g/mol. The Balaban J connectivity index is 2.28. The maximum atomic E-state index is 13.7. The van der Waals surface area contributed by atoms with Crippen LogP contribution in [0, 0.1) is 5.41 Å². The second kappa shape index (κ2) is 19.6. The van der Waals surface area contributed by atoms with Crippen LogP contribution < -0.4 is 11.1 Å². The lowest BCUT2D eigenvalue weighted by Crippen LogP contribution is -2.74. The number of carbonyl (C=O) groups is 1. The molecule has 2 aliphatic heterocycles. The number of carbonyl (C=O) groups excluding carboxylic acids is 1. The molecule has 1 unspecified atom stereocenters. The quantitative estimate of drug-likeness (QED) is 0.148. The fourth-order valence-electron chi connectivity index (χ4n) is 10.9. The zero-order valence-electron chi connectivity index (χ0n) is 41.9. The van der Waals surface area contributed by atoms with Crippen molar-refractivity contribution >= 4 is 5.91 Å². The Kier molecular flexibility index (Phi) is 17.3. The maximum Gasteiger partial charge on any atom is 0.249 e. The van der Waals surface area contributed by atoms with E-state index in [4.69, 9.17) is 24.7 Å². The van der Waals surface area contributed by atoms with E-state index >= 15 is 0 Å². The van der Waals surface area contributed by atoms with Gasteiger partial charge in [-0.1, -0.05) is 20.8 Å². The number of hydrogen-bond acceptors (Lipinski definition) is 13. The van der Waals surface area contributed by atoms with E-state index in [2.05, 4.69) is 116 Å². The smallest absolute Gasteiger partial charge is 0.249 e. The lowest BCUT2D eigenvalue weighted by atomic mass is 9.79. The van der Waals surface area contributed by atoms with Crippen molar-refractivity contribution in [2.45, 2.75) is 265 Å². The number of hydrogen-bond donors (Lipinski definition) is 6. The second-order valence-corrected chi connectivity index (χ2v) is 23.8. The Labute approximate surface area is 370 Å². The Morgan fingerprint density at radius 2 is 1.31 bits per heavy atom. The van der Waals surface area contributed by atoms with Gasteiger partial charge in [-0.15, -0.1) is 0 Å². The van der Waals surface area contributed by atoms with Gasteiger partial charge in [0.05, 0.1) is 24.7 Å².